The summed E-state index contributed by atoms with van der Waals surface area (Å²) in [5, 5.41) is 5.96. The van der Waals surface area contributed by atoms with E-state index < -0.39 is 0 Å². The molecule has 0 amide bonds. The monoisotopic (exact) mass is 252 g/mol. The van der Waals surface area contributed by atoms with Crippen molar-refractivity contribution in [3.63, 3.8) is 0 Å². The standard InChI is InChI=1S/C11H12N2OS2/c1-3-4-9-11(16-13-12-9)10(14)8-5-6-15-7(8)2/h5-6H,3-4H2,1-2H3. The lowest BCUT2D eigenvalue weighted by Crippen LogP contribution is -2.02. The average molecular weight is 252 g/mol. The van der Waals surface area contributed by atoms with Gasteiger partial charge in [-0.1, -0.05) is 17.8 Å². The summed E-state index contributed by atoms with van der Waals surface area (Å²) in [6, 6.07) is 1.87. The SMILES string of the molecule is CCCc1nnsc1C(=O)c1ccsc1C. The second-order valence-electron chi connectivity index (χ2n) is 3.52. The normalized spacial score (nSPS) is 10.6. The van der Waals surface area contributed by atoms with Crippen LogP contribution >= 0.6 is 22.9 Å². The molecule has 0 aliphatic carbocycles. The van der Waals surface area contributed by atoms with Crippen molar-refractivity contribution in [2.45, 2.75) is 26.7 Å². The summed E-state index contributed by atoms with van der Waals surface area (Å²) >= 11 is 2.79. The largest absolute Gasteiger partial charge is 0.288 e. The summed E-state index contributed by atoms with van der Waals surface area (Å²) in [6.07, 6.45) is 1.80. The van der Waals surface area contributed by atoms with Gasteiger partial charge in [-0.2, -0.15) is 0 Å². The van der Waals surface area contributed by atoms with Crippen LogP contribution in [0.15, 0.2) is 11.4 Å². The smallest absolute Gasteiger partial charge is 0.207 e. The minimum absolute atomic E-state index is 0.0669. The molecule has 3 nitrogen and oxygen atoms in total. The molecule has 0 radical (unpaired) electrons. The molecule has 2 aromatic heterocycles. The molecule has 5 heteroatoms. The molecule has 2 aromatic rings. The Morgan fingerprint density at radius 3 is 2.94 bits per heavy atom. The zero-order chi connectivity index (χ0) is 11.5. The van der Waals surface area contributed by atoms with Crippen LogP contribution in [-0.4, -0.2) is 15.4 Å². The molecule has 0 aromatic carbocycles. The van der Waals surface area contributed by atoms with E-state index in [1.54, 1.807) is 11.3 Å². The summed E-state index contributed by atoms with van der Waals surface area (Å²) in [4.78, 5) is 14.0. The van der Waals surface area contributed by atoms with Crippen molar-refractivity contribution in [1.82, 2.24) is 9.59 Å². The summed E-state index contributed by atoms with van der Waals surface area (Å²) < 4.78 is 3.88. The molecule has 0 spiro atoms. The topological polar surface area (TPSA) is 42.9 Å². The summed E-state index contributed by atoms with van der Waals surface area (Å²) in [5.41, 5.74) is 1.62. The van der Waals surface area contributed by atoms with Gasteiger partial charge >= 0.3 is 0 Å². The highest BCUT2D eigenvalue weighted by Crippen LogP contribution is 2.22. The third-order valence-corrected chi connectivity index (χ3v) is 3.96. The molecule has 0 aliphatic heterocycles. The molecule has 0 bridgehead atoms. The summed E-state index contributed by atoms with van der Waals surface area (Å²) in [6.45, 7) is 4.04. The van der Waals surface area contributed by atoms with Gasteiger partial charge in [-0.15, -0.1) is 16.4 Å². The lowest BCUT2D eigenvalue weighted by molar-refractivity contribution is 0.104. The van der Waals surface area contributed by atoms with E-state index in [-0.39, 0.29) is 5.78 Å². The maximum atomic E-state index is 12.2. The van der Waals surface area contributed by atoms with Crippen LogP contribution in [0.2, 0.25) is 0 Å². The predicted molar refractivity (Wildman–Crippen MR) is 66.4 cm³/mol. The second kappa shape index (κ2) is 4.84. The van der Waals surface area contributed by atoms with Crippen molar-refractivity contribution in [2.24, 2.45) is 0 Å². The van der Waals surface area contributed by atoms with Crippen LogP contribution in [0.5, 0.6) is 0 Å². The number of carbonyl (C=O) groups is 1. The first-order chi connectivity index (χ1) is 7.74. The van der Waals surface area contributed by atoms with Gasteiger partial charge in [0.25, 0.3) is 0 Å². The van der Waals surface area contributed by atoms with Crippen LogP contribution in [0, 0.1) is 6.92 Å². The van der Waals surface area contributed by atoms with E-state index in [1.165, 1.54) is 11.5 Å². The first-order valence-corrected chi connectivity index (χ1v) is 6.79. The van der Waals surface area contributed by atoms with Crippen LogP contribution in [0.1, 0.15) is 39.2 Å². The van der Waals surface area contributed by atoms with E-state index in [4.69, 9.17) is 0 Å². The molecule has 16 heavy (non-hydrogen) atoms. The summed E-state index contributed by atoms with van der Waals surface area (Å²) in [7, 11) is 0. The average Bonchev–Trinajstić information content (AvgIpc) is 2.87. The van der Waals surface area contributed by atoms with E-state index in [9.17, 15) is 4.79 Å². The van der Waals surface area contributed by atoms with Gasteiger partial charge in [0.05, 0.1) is 5.69 Å². The second-order valence-corrected chi connectivity index (χ2v) is 5.39. The summed E-state index contributed by atoms with van der Waals surface area (Å²) in [5.74, 6) is 0.0669. The Labute approximate surface area is 102 Å². The van der Waals surface area contributed by atoms with Gasteiger partial charge in [0.2, 0.25) is 5.78 Å². The van der Waals surface area contributed by atoms with Gasteiger partial charge in [-0.05, 0) is 36.3 Å². The zero-order valence-electron chi connectivity index (χ0n) is 9.19. The first-order valence-electron chi connectivity index (χ1n) is 5.14. The Morgan fingerprint density at radius 2 is 2.31 bits per heavy atom. The van der Waals surface area contributed by atoms with Crippen LogP contribution in [-0.2, 0) is 6.42 Å². The Morgan fingerprint density at radius 1 is 1.50 bits per heavy atom. The van der Waals surface area contributed by atoms with E-state index in [1.807, 2.05) is 18.4 Å². The number of ketones is 1. The molecular formula is C11H12N2OS2. The number of nitrogens with zero attached hydrogens (tertiary/aromatic N) is 2. The fourth-order valence-corrected chi connectivity index (χ4v) is 2.88. The number of aromatic nitrogens is 2. The molecule has 84 valence electrons. The van der Waals surface area contributed by atoms with Gasteiger partial charge in [0, 0.05) is 10.4 Å². The number of aryl methyl sites for hydroxylation is 2. The maximum absolute atomic E-state index is 12.2. The van der Waals surface area contributed by atoms with Gasteiger partial charge in [-0.25, -0.2) is 0 Å². The minimum Gasteiger partial charge on any atom is -0.288 e. The van der Waals surface area contributed by atoms with Gasteiger partial charge in [-0.3, -0.25) is 4.79 Å². The zero-order valence-corrected chi connectivity index (χ0v) is 10.8. The number of carbonyl (C=O) groups excluding carboxylic acids is 1. The van der Waals surface area contributed by atoms with E-state index in [0.29, 0.717) is 4.88 Å². The van der Waals surface area contributed by atoms with E-state index in [2.05, 4.69) is 16.5 Å². The fourth-order valence-electron chi connectivity index (χ4n) is 1.52. The molecule has 0 unspecified atom stereocenters. The lowest BCUT2D eigenvalue weighted by Gasteiger charge is -1.98. The molecular weight excluding hydrogens is 240 g/mol. The maximum Gasteiger partial charge on any atom is 0.207 e. The molecule has 0 N–H and O–H groups in total. The minimum atomic E-state index is 0.0669. The van der Waals surface area contributed by atoms with Crippen LogP contribution < -0.4 is 0 Å². The Kier molecular flexibility index (Phi) is 3.46. The fraction of sp³-hybridized carbons (Fsp3) is 0.364. The molecule has 2 heterocycles. The van der Waals surface area contributed by atoms with Gasteiger partial charge in [0.1, 0.15) is 4.88 Å². The number of rotatable bonds is 4. The van der Waals surface area contributed by atoms with Crippen molar-refractivity contribution in [2.75, 3.05) is 0 Å². The highest BCUT2D eigenvalue weighted by atomic mass is 32.1. The molecule has 0 aliphatic rings. The van der Waals surface area contributed by atoms with Crippen molar-refractivity contribution in [1.29, 1.82) is 0 Å². The molecule has 0 saturated carbocycles. The number of hydrogen-bond donors (Lipinski definition) is 0. The van der Waals surface area contributed by atoms with Gasteiger partial charge in [0.15, 0.2) is 0 Å². The van der Waals surface area contributed by atoms with Crippen LogP contribution in [0.3, 0.4) is 0 Å². The van der Waals surface area contributed by atoms with E-state index >= 15 is 0 Å². The highest BCUT2D eigenvalue weighted by Gasteiger charge is 2.19. The molecule has 0 atom stereocenters. The van der Waals surface area contributed by atoms with Crippen LogP contribution in [0.25, 0.3) is 0 Å². The third-order valence-electron chi connectivity index (χ3n) is 2.35. The van der Waals surface area contributed by atoms with Crippen LogP contribution in [0.4, 0.5) is 0 Å². The predicted octanol–water partition coefficient (Wildman–Crippen LogP) is 3.09. The van der Waals surface area contributed by atoms with Crippen molar-refractivity contribution < 1.29 is 4.79 Å². The third kappa shape index (κ3) is 2.05. The quantitative estimate of drug-likeness (QED) is 0.785. The van der Waals surface area contributed by atoms with Crippen molar-refractivity contribution in [3.05, 3.63) is 32.5 Å². The van der Waals surface area contributed by atoms with Crippen molar-refractivity contribution in [3.8, 4) is 0 Å². The Bertz CT molecular complexity index is 502. The van der Waals surface area contributed by atoms with Gasteiger partial charge < -0.3 is 0 Å². The molecule has 2 rings (SSSR count). The number of thiophene rings is 1. The van der Waals surface area contributed by atoms with E-state index in [0.717, 1.165) is 29.0 Å². The lowest BCUT2D eigenvalue weighted by atomic mass is 10.1. The Hall–Kier alpha value is -1.07. The molecule has 0 saturated heterocycles. The first kappa shape index (κ1) is 11.4. The van der Waals surface area contributed by atoms with Crippen molar-refractivity contribution >= 4 is 28.7 Å². The number of hydrogen-bond acceptors (Lipinski definition) is 5. The molecule has 0 fully saturated rings. The highest BCUT2D eigenvalue weighted by molar-refractivity contribution is 7.10. The Balaban J connectivity index is 2.34.